The van der Waals surface area contributed by atoms with E-state index < -0.39 is 11.0 Å². The van der Waals surface area contributed by atoms with Gasteiger partial charge in [0.2, 0.25) is 0 Å². The van der Waals surface area contributed by atoms with Crippen LogP contribution in [0.2, 0.25) is 0 Å². The smallest absolute Gasteiger partial charge is 0.310 e. The molecular formula is C13H18N2O6. The first kappa shape index (κ1) is 16.9. The molecule has 0 aliphatic rings. The lowest BCUT2D eigenvalue weighted by Crippen LogP contribution is -2.36. The Morgan fingerprint density at radius 2 is 2.14 bits per heavy atom. The van der Waals surface area contributed by atoms with E-state index in [1.165, 1.54) is 44.4 Å². The van der Waals surface area contributed by atoms with Crippen molar-refractivity contribution < 1.29 is 24.3 Å². The van der Waals surface area contributed by atoms with Gasteiger partial charge in [0, 0.05) is 38.4 Å². The summed E-state index contributed by atoms with van der Waals surface area (Å²) in [7, 11) is 4.27. The molecule has 0 saturated carbocycles. The van der Waals surface area contributed by atoms with Crippen molar-refractivity contribution in [1.82, 2.24) is 4.90 Å². The number of nitrogens with zero attached hydrogens (tertiary/aromatic N) is 2. The summed E-state index contributed by atoms with van der Waals surface area (Å²) in [5.41, 5.74) is 0.0284. The standard InChI is InChI=1S/C13H18N2O6/c1-14(7-10(16)8-20-2)13(17)9-4-5-11(15(18)19)12(6-9)21-3/h4-6,10,16H,7-8H2,1-3H3. The first-order valence-electron chi connectivity index (χ1n) is 6.15. The number of hydrogen-bond acceptors (Lipinski definition) is 6. The summed E-state index contributed by atoms with van der Waals surface area (Å²) in [6.45, 7) is 0.202. The van der Waals surface area contributed by atoms with Gasteiger partial charge in [-0.2, -0.15) is 0 Å². The Morgan fingerprint density at radius 3 is 2.67 bits per heavy atom. The summed E-state index contributed by atoms with van der Waals surface area (Å²) in [5.74, 6) is -0.366. The van der Waals surface area contributed by atoms with Gasteiger partial charge in [-0.3, -0.25) is 14.9 Å². The molecule has 0 aromatic heterocycles. The highest BCUT2D eigenvalue weighted by Gasteiger charge is 2.20. The molecule has 1 aromatic rings. The third kappa shape index (κ3) is 4.40. The molecule has 0 heterocycles. The molecule has 1 unspecified atom stereocenters. The minimum Gasteiger partial charge on any atom is -0.490 e. The lowest BCUT2D eigenvalue weighted by atomic mass is 10.1. The van der Waals surface area contributed by atoms with Crippen LogP contribution in [0.3, 0.4) is 0 Å². The van der Waals surface area contributed by atoms with Crippen molar-refractivity contribution in [2.24, 2.45) is 0 Å². The Balaban J connectivity index is 2.89. The lowest BCUT2D eigenvalue weighted by Gasteiger charge is -2.20. The highest BCUT2D eigenvalue weighted by molar-refractivity contribution is 5.95. The molecule has 8 nitrogen and oxygen atoms in total. The summed E-state index contributed by atoms with van der Waals surface area (Å²) in [6.07, 6.45) is -0.802. The van der Waals surface area contributed by atoms with Gasteiger partial charge in [-0.05, 0) is 6.07 Å². The molecule has 0 radical (unpaired) electrons. The highest BCUT2D eigenvalue weighted by atomic mass is 16.6. The number of rotatable bonds is 7. The van der Waals surface area contributed by atoms with Crippen LogP contribution in [-0.4, -0.2) is 61.4 Å². The fourth-order valence-electron chi connectivity index (χ4n) is 1.83. The number of carbonyl (C=O) groups is 1. The SMILES string of the molecule is COCC(O)CN(C)C(=O)c1ccc([N+](=O)[O-])c(OC)c1. The Morgan fingerprint density at radius 1 is 1.48 bits per heavy atom. The number of benzene rings is 1. The maximum Gasteiger partial charge on any atom is 0.310 e. The van der Waals surface area contributed by atoms with Crippen LogP contribution >= 0.6 is 0 Å². The van der Waals surface area contributed by atoms with Crippen LogP contribution in [0.4, 0.5) is 5.69 Å². The van der Waals surface area contributed by atoms with Gasteiger partial charge in [-0.15, -0.1) is 0 Å². The minimum atomic E-state index is -0.802. The average Bonchev–Trinajstić information content (AvgIpc) is 2.45. The van der Waals surface area contributed by atoms with Crippen LogP contribution in [0.15, 0.2) is 18.2 Å². The minimum absolute atomic E-state index is 0.0108. The summed E-state index contributed by atoms with van der Waals surface area (Å²) in [5, 5.41) is 20.4. The zero-order valence-corrected chi connectivity index (χ0v) is 12.1. The molecule has 1 rings (SSSR count). The zero-order valence-electron chi connectivity index (χ0n) is 12.1. The number of ether oxygens (including phenoxy) is 2. The molecule has 116 valence electrons. The summed E-state index contributed by atoms with van der Waals surface area (Å²) < 4.78 is 9.70. The first-order chi connectivity index (χ1) is 9.90. The molecule has 21 heavy (non-hydrogen) atoms. The van der Waals surface area contributed by atoms with Gasteiger partial charge in [0.05, 0.1) is 24.7 Å². The van der Waals surface area contributed by atoms with E-state index in [0.717, 1.165) is 0 Å². The van der Waals surface area contributed by atoms with Crippen molar-refractivity contribution >= 4 is 11.6 Å². The van der Waals surface area contributed by atoms with E-state index in [1.807, 2.05) is 0 Å². The summed E-state index contributed by atoms with van der Waals surface area (Å²) >= 11 is 0. The van der Waals surface area contributed by atoms with Crippen LogP contribution in [0.5, 0.6) is 5.75 Å². The Kier molecular flexibility index (Phi) is 6.07. The molecular weight excluding hydrogens is 280 g/mol. The third-order valence-electron chi connectivity index (χ3n) is 2.81. The number of amides is 1. The van der Waals surface area contributed by atoms with E-state index in [0.29, 0.717) is 0 Å². The van der Waals surface area contributed by atoms with Crippen molar-refractivity contribution in [2.75, 3.05) is 34.4 Å². The normalized spacial score (nSPS) is 11.8. The van der Waals surface area contributed by atoms with Gasteiger partial charge in [-0.1, -0.05) is 0 Å². The van der Waals surface area contributed by atoms with Crippen molar-refractivity contribution in [3.05, 3.63) is 33.9 Å². The number of methoxy groups -OCH3 is 2. The molecule has 8 heteroatoms. The van der Waals surface area contributed by atoms with Gasteiger partial charge < -0.3 is 19.5 Å². The number of hydrogen-bond donors (Lipinski definition) is 1. The average molecular weight is 298 g/mol. The fourth-order valence-corrected chi connectivity index (χ4v) is 1.83. The van der Waals surface area contributed by atoms with Gasteiger partial charge in [-0.25, -0.2) is 0 Å². The Labute approximate surface area is 122 Å². The van der Waals surface area contributed by atoms with E-state index in [2.05, 4.69) is 0 Å². The van der Waals surface area contributed by atoms with Crippen molar-refractivity contribution in [2.45, 2.75) is 6.10 Å². The van der Waals surface area contributed by atoms with Crippen molar-refractivity contribution in [1.29, 1.82) is 0 Å². The van der Waals surface area contributed by atoms with E-state index in [-0.39, 0.29) is 36.1 Å². The Hall–Kier alpha value is -2.19. The summed E-state index contributed by atoms with van der Waals surface area (Å²) in [6, 6.07) is 3.87. The number of aliphatic hydroxyl groups is 1. The lowest BCUT2D eigenvalue weighted by molar-refractivity contribution is -0.385. The van der Waals surface area contributed by atoms with E-state index in [1.54, 1.807) is 0 Å². The maximum absolute atomic E-state index is 12.2. The maximum atomic E-state index is 12.2. The topological polar surface area (TPSA) is 102 Å². The fraction of sp³-hybridized carbons (Fsp3) is 0.462. The largest absolute Gasteiger partial charge is 0.490 e. The zero-order chi connectivity index (χ0) is 16.0. The van der Waals surface area contributed by atoms with Gasteiger partial charge in [0.25, 0.3) is 5.91 Å². The molecule has 0 bridgehead atoms. The number of carbonyl (C=O) groups excluding carboxylic acids is 1. The van der Waals surface area contributed by atoms with Crippen LogP contribution in [0.25, 0.3) is 0 Å². The molecule has 0 saturated heterocycles. The van der Waals surface area contributed by atoms with Crippen LogP contribution in [-0.2, 0) is 4.74 Å². The molecule has 0 aliphatic carbocycles. The van der Waals surface area contributed by atoms with Gasteiger partial charge >= 0.3 is 5.69 Å². The molecule has 0 fully saturated rings. The van der Waals surface area contributed by atoms with E-state index in [4.69, 9.17) is 9.47 Å². The van der Waals surface area contributed by atoms with E-state index >= 15 is 0 Å². The number of nitro groups is 1. The monoisotopic (exact) mass is 298 g/mol. The second-order valence-electron chi connectivity index (χ2n) is 4.44. The number of nitro benzene ring substituents is 1. The Bertz CT molecular complexity index is 519. The quantitative estimate of drug-likeness (QED) is 0.586. The van der Waals surface area contributed by atoms with Crippen molar-refractivity contribution in [3.63, 3.8) is 0 Å². The number of likely N-dealkylation sites (N-methyl/N-ethyl adjacent to an activating group) is 1. The van der Waals surface area contributed by atoms with Crippen LogP contribution in [0.1, 0.15) is 10.4 Å². The van der Waals surface area contributed by atoms with Crippen molar-refractivity contribution in [3.8, 4) is 5.75 Å². The number of aliphatic hydroxyl groups excluding tert-OH is 1. The molecule has 0 spiro atoms. The third-order valence-corrected chi connectivity index (χ3v) is 2.81. The second kappa shape index (κ2) is 7.55. The predicted octanol–water partition coefficient (Wildman–Crippen LogP) is 0.683. The van der Waals surface area contributed by atoms with Crippen LogP contribution < -0.4 is 4.74 Å². The second-order valence-corrected chi connectivity index (χ2v) is 4.44. The molecule has 0 aliphatic heterocycles. The van der Waals surface area contributed by atoms with Gasteiger partial charge in [0.1, 0.15) is 0 Å². The molecule has 1 atom stereocenters. The van der Waals surface area contributed by atoms with Gasteiger partial charge in [0.15, 0.2) is 5.75 Å². The molecule has 1 aromatic carbocycles. The first-order valence-corrected chi connectivity index (χ1v) is 6.15. The highest BCUT2D eigenvalue weighted by Crippen LogP contribution is 2.27. The molecule has 1 amide bonds. The predicted molar refractivity (Wildman–Crippen MR) is 74.5 cm³/mol. The van der Waals surface area contributed by atoms with Crippen LogP contribution in [0, 0.1) is 10.1 Å². The molecule has 1 N–H and O–H groups in total. The van der Waals surface area contributed by atoms with E-state index in [9.17, 15) is 20.0 Å². The summed E-state index contributed by atoms with van der Waals surface area (Å²) in [4.78, 5) is 23.7.